The Morgan fingerprint density at radius 3 is 2.50 bits per heavy atom. The standard InChI is InChI=1S/C13H20N2O4S/c1-6-18-11(16)7-15(10-8-20-9(2)14-10)12(17)19-13(3,4)5/h8H,6-7H2,1-5H3. The largest absolute Gasteiger partial charge is 0.465 e. The van der Waals surface area contributed by atoms with Crippen molar-refractivity contribution in [2.45, 2.75) is 40.2 Å². The number of carbonyl (C=O) groups excluding carboxylic acids is 2. The Hall–Kier alpha value is -1.63. The van der Waals surface area contributed by atoms with Gasteiger partial charge in [-0.25, -0.2) is 14.7 Å². The van der Waals surface area contributed by atoms with Crippen molar-refractivity contribution in [2.75, 3.05) is 18.1 Å². The lowest BCUT2D eigenvalue weighted by molar-refractivity contribution is -0.141. The van der Waals surface area contributed by atoms with Crippen molar-refractivity contribution in [1.82, 2.24) is 4.98 Å². The molecule has 0 unspecified atom stereocenters. The summed E-state index contributed by atoms with van der Waals surface area (Å²) in [6.07, 6.45) is -0.615. The van der Waals surface area contributed by atoms with Gasteiger partial charge in [0.2, 0.25) is 0 Å². The summed E-state index contributed by atoms with van der Waals surface area (Å²) in [7, 11) is 0. The smallest absolute Gasteiger partial charge is 0.416 e. The van der Waals surface area contributed by atoms with Gasteiger partial charge in [-0.2, -0.15) is 0 Å². The molecule has 1 heterocycles. The third-order valence-corrected chi connectivity index (χ3v) is 2.85. The second kappa shape index (κ2) is 6.69. The summed E-state index contributed by atoms with van der Waals surface area (Å²) in [6, 6.07) is 0. The highest BCUT2D eigenvalue weighted by Gasteiger charge is 2.27. The second-order valence-corrected chi connectivity index (χ2v) is 6.16. The highest BCUT2D eigenvalue weighted by Crippen LogP contribution is 2.20. The van der Waals surface area contributed by atoms with E-state index in [1.54, 1.807) is 33.1 Å². The second-order valence-electron chi connectivity index (χ2n) is 5.10. The van der Waals surface area contributed by atoms with Gasteiger partial charge in [0.25, 0.3) is 0 Å². The molecule has 7 heteroatoms. The zero-order chi connectivity index (χ0) is 15.3. The van der Waals surface area contributed by atoms with Crippen LogP contribution in [0.15, 0.2) is 5.38 Å². The molecule has 20 heavy (non-hydrogen) atoms. The van der Waals surface area contributed by atoms with Crippen molar-refractivity contribution in [3.8, 4) is 0 Å². The molecule has 0 spiro atoms. The maximum atomic E-state index is 12.2. The van der Waals surface area contributed by atoms with Gasteiger partial charge in [-0.15, -0.1) is 11.3 Å². The third-order valence-electron chi connectivity index (χ3n) is 2.09. The number of thiazole rings is 1. The molecule has 0 bridgehead atoms. The summed E-state index contributed by atoms with van der Waals surface area (Å²) >= 11 is 1.40. The van der Waals surface area contributed by atoms with Crippen LogP contribution in [0.25, 0.3) is 0 Å². The number of rotatable bonds is 4. The Kier molecular flexibility index (Phi) is 5.50. The van der Waals surface area contributed by atoms with Gasteiger partial charge in [-0.1, -0.05) is 0 Å². The molecule has 0 saturated heterocycles. The molecule has 1 aromatic rings. The normalized spacial score (nSPS) is 11.1. The number of aryl methyl sites for hydroxylation is 1. The van der Waals surface area contributed by atoms with Crippen LogP contribution >= 0.6 is 11.3 Å². The Bertz CT molecular complexity index is 479. The predicted octanol–water partition coefficient (Wildman–Crippen LogP) is 2.76. The number of carbonyl (C=O) groups is 2. The molecule has 1 amide bonds. The Balaban J connectivity index is 2.90. The van der Waals surface area contributed by atoms with Gasteiger partial charge >= 0.3 is 12.1 Å². The highest BCUT2D eigenvalue weighted by molar-refractivity contribution is 7.09. The number of hydrogen-bond donors (Lipinski definition) is 0. The molecule has 0 saturated carbocycles. The summed E-state index contributed by atoms with van der Waals surface area (Å²) in [6.45, 7) is 8.87. The van der Waals surface area contributed by atoms with Crippen LogP contribution < -0.4 is 4.90 Å². The summed E-state index contributed by atoms with van der Waals surface area (Å²) < 4.78 is 10.2. The molecule has 112 valence electrons. The summed E-state index contributed by atoms with van der Waals surface area (Å²) in [4.78, 5) is 29.2. The maximum Gasteiger partial charge on any atom is 0.416 e. The number of ether oxygens (including phenoxy) is 2. The van der Waals surface area contributed by atoms with E-state index in [4.69, 9.17) is 9.47 Å². The Morgan fingerprint density at radius 1 is 1.40 bits per heavy atom. The van der Waals surface area contributed by atoms with E-state index < -0.39 is 17.7 Å². The van der Waals surface area contributed by atoms with Gasteiger partial charge in [-0.05, 0) is 34.6 Å². The number of amides is 1. The van der Waals surface area contributed by atoms with Gasteiger partial charge in [0.15, 0.2) is 0 Å². The van der Waals surface area contributed by atoms with Crippen LogP contribution in [0.4, 0.5) is 10.6 Å². The maximum absolute atomic E-state index is 12.2. The predicted molar refractivity (Wildman–Crippen MR) is 77.1 cm³/mol. The zero-order valence-electron chi connectivity index (χ0n) is 12.4. The van der Waals surface area contributed by atoms with Crippen LogP contribution in [-0.4, -0.2) is 35.8 Å². The van der Waals surface area contributed by atoms with Crippen molar-refractivity contribution >= 4 is 29.2 Å². The Labute approximate surface area is 122 Å². The van der Waals surface area contributed by atoms with Crippen LogP contribution in [0.1, 0.15) is 32.7 Å². The zero-order valence-corrected chi connectivity index (χ0v) is 13.2. The van der Waals surface area contributed by atoms with Crippen molar-refractivity contribution < 1.29 is 19.1 Å². The van der Waals surface area contributed by atoms with E-state index in [0.717, 1.165) is 5.01 Å². The average Bonchev–Trinajstić information content (AvgIpc) is 2.70. The molecular formula is C13H20N2O4S. The van der Waals surface area contributed by atoms with E-state index in [2.05, 4.69) is 4.98 Å². The van der Waals surface area contributed by atoms with E-state index in [9.17, 15) is 9.59 Å². The Morgan fingerprint density at radius 2 is 2.05 bits per heavy atom. The quantitative estimate of drug-likeness (QED) is 0.800. The van der Waals surface area contributed by atoms with Crippen LogP contribution in [0.5, 0.6) is 0 Å². The summed E-state index contributed by atoms with van der Waals surface area (Å²) in [5.74, 6) is -0.0983. The first-order valence-corrected chi connectivity index (χ1v) is 7.19. The minimum absolute atomic E-state index is 0.216. The molecule has 0 aliphatic heterocycles. The number of nitrogens with zero attached hydrogens (tertiary/aromatic N) is 2. The van der Waals surface area contributed by atoms with Crippen LogP contribution in [0.2, 0.25) is 0 Å². The highest BCUT2D eigenvalue weighted by atomic mass is 32.1. The molecule has 1 aromatic heterocycles. The monoisotopic (exact) mass is 300 g/mol. The summed E-state index contributed by atoms with van der Waals surface area (Å²) in [5.41, 5.74) is -0.644. The van der Waals surface area contributed by atoms with Crippen LogP contribution in [0.3, 0.4) is 0 Å². The first kappa shape index (κ1) is 16.4. The molecule has 0 radical (unpaired) electrons. The van der Waals surface area contributed by atoms with Gasteiger partial charge < -0.3 is 9.47 Å². The fraction of sp³-hybridized carbons (Fsp3) is 0.615. The van der Waals surface area contributed by atoms with E-state index in [1.807, 2.05) is 6.92 Å². The van der Waals surface area contributed by atoms with Gasteiger partial charge in [0.05, 0.1) is 11.6 Å². The molecular weight excluding hydrogens is 280 g/mol. The number of anilines is 1. The fourth-order valence-electron chi connectivity index (χ4n) is 1.37. The fourth-order valence-corrected chi connectivity index (χ4v) is 1.97. The molecule has 0 aromatic carbocycles. The number of aromatic nitrogens is 1. The van der Waals surface area contributed by atoms with Crippen LogP contribution in [0, 0.1) is 6.92 Å². The molecule has 0 aliphatic carbocycles. The van der Waals surface area contributed by atoms with Gasteiger partial charge in [-0.3, -0.25) is 4.79 Å². The lowest BCUT2D eigenvalue weighted by atomic mass is 10.2. The SMILES string of the molecule is CCOC(=O)CN(C(=O)OC(C)(C)C)c1csc(C)n1. The average molecular weight is 300 g/mol. The summed E-state index contributed by atoms with van der Waals surface area (Å²) in [5, 5.41) is 2.51. The minimum atomic E-state index is -0.644. The molecule has 6 nitrogen and oxygen atoms in total. The van der Waals surface area contributed by atoms with E-state index >= 15 is 0 Å². The van der Waals surface area contributed by atoms with E-state index in [-0.39, 0.29) is 13.2 Å². The number of hydrogen-bond acceptors (Lipinski definition) is 6. The first-order valence-electron chi connectivity index (χ1n) is 6.31. The molecule has 1 rings (SSSR count). The van der Waals surface area contributed by atoms with Crippen LogP contribution in [-0.2, 0) is 14.3 Å². The lowest BCUT2D eigenvalue weighted by Crippen LogP contribution is -2.40. The lowest BCUT2D eigenvalue weighted by Gasteiger charge is -2.25. The van der Waals surface area contributed by atoms with Crippen molar-refractivity contribution in [2.24, 2.45) is 0 Å². The van der Waals surface area contributed by atoms with Gasteiger partial charge in [0.1, 0.15) is 18.0 Å². The molecule has 0 N–H and O–H groups in total. The van der Waals surface area contributed by atoms with Gasteiger partial charge in [0, 0.05) is 5.38 Å². The molecule has 0 fully saturated rings. The molecule has 0 aliphatic rings. The minimum Gasteiger partial charge on any atom is -0.465 e. The number of esters is 1. The topological polar surface area (TPSA) is 68.7 Å². The van der Waals surface area contributed by atoms with Crippen molar-refractivity contribution in [1.29, 1.82) is 0 Å². The van der Waals surface area contributed by atoms with Crippen molar-refractivity contribution in [3.05, 3.63) is 10.4 Å². The van der Waals surface area contributed by atoms with E-state index in [1.165, 1.54) is 16.2 Å². The van der Waals surface area contributed by atoms with E-state index in [0.29, 0.717) is 5.82 Å². The molecule has 0 atom stereocenters. The third kappa shape index (κ3) is 5.16. The first-order chi connectivity index (χ1) is 9.23. The van der Waals surface area contributed by atoms with Crippen molar-refractivity contribution in [3.63, 3.8) is 0 Å².